The van der Waals surface area contributed by atoms with Crippen molar-refractivity contribution in [1.82, 2.24) is 9.80 Å². The summed E-state index contributed by atoms with van der Waals surface area (Å²) >= 11 is 0. The molecule has 0 aromatic rings. The quantitative estimate of drug-likeness (QED) is 0.0719. The summed E-state index contributed by atoms with van der Waals surface area (Å²) in [5.41, 5.74) is 0. The Morgan fingerprint density at radius 2 is 0.561 bits per heavy atom. The van der Waals surface area contributed by atoms with Crippen molar-refractivity contribution >= 4 is 0 Å². The first kappa shape index (κ1) is 38.4. The Labute approximate surface area is 260 Å². The molecule has 0 radical (unpaired) electrons. The minimum atomic E-state index is 0.640. The number of rotatable bonds is 33. The fourth-order valence-corrected chi connectivity index (χ4v) is 6.72. The van der Waals surface area contributed by atoms with Gasteiger partial charge in [0.25, 0.3) is 0 Å². The Morgan fingerprint density at radius 3 is 0.854 bits per heavy atom. The van der Waals surface area contributed by atoms with Crippen molar-refractivity contribution in [3.63, 3.8) is 0 Å². The van der Waals surface area contributed by atoms with Gasteiger partial charge in [-0.05, 0) is 25.7 Å². The van der Waals surface area contributed by atoms with E-state index < -0.39 is 0 Å². The molecule has 0 aromatic carbocycles. The first-order chi connectivity index (χ1) is 20.3. The second kappa shape index (κ2) is 30.8. The molecule has 0 aromatic heterocycles. The zero-order valence-corrected chi connectivity index (χ0v) is 29.0. The average Bonchev–Trinajstić information content (AvgIpc) is 3.37. The maximum absolute atomic E-state index is 2.70. The Hall–Kier alpha value is -0.660. The SMILES string of the molecule is CCCCCCCCCCCCCCCCN1C=CN(CCCCCCCCCCCCCC)C1CCCCCC. The Morgan fingerprint density at radius 1 is 0.317 bits per heavy atom. The van der Waals surface area contributed by atoms with E-state index in [1.807, 2.05) is 0 Å². The summed E-state index contributed by atoms with van der Waals surface area (Å²) in [5, 5.41) is 0. The molecule has 2 nitrogen and oxygen atoms in total. The molecular weight excluding hydrogens is 496 g/mol. The zero-order valence-electron chi connectivity index (χ0n) is 29.0. The predicted octanol–water partition coefficient (Wildman–Crippen LogP) is 13.6. The molecule has 1 heterocycles. The van der Waals surface area contributed by atoms with Gasteiger partial charge in [0.15, 0.2) is 0 Å². The van der Waals surface area contributed by atoms with Crippen LogP contribution < -0.4 is 0 Å². The normalized spacial score (nSPS) is 15.0. The lowest BCUT2D eigenvalue weighted by atomic mass is 10.0. The maximum Gasteiger partial charge on any atom is 0.101 e. The summed E-state index contributed by atoms with van der Waals surface area (Å²) in [5.74, 6) is 0. The van der Waals surface area contributed by atoms with E-state index in [1.54, 1.807) is 0 Å². The van der Waals surface area contributed by atoms with Gasteiger partial charge in [0, 0.05) is 25.5 Å². The van der Waals surface area contributed by atoms with E-state index in [0.29, 0.717) is 6.17 Å². The highest BCUT2D eigenvalue weighted by molar-refractivity contribution is 4.97. The average molecular weight is 575 g/mol. The second-order valence-electron chi connectivity index (χ2n) is 13.6. The molecule has 1 atom stereocenters. The van der Waals surface area contributed by atoms with Gasteiger partial charge in [-0.2, -0.15) is 0 Å². The minimum absolute atomic E-state index is 0.640. The van der Waals surface area contributed by atoms with Crippen LogP contribution >= 0.6 is 0 Å². The number of hydrogen-bond donors (Lipinski definition) is 0. The van der Waals surface area contributed by atoms with Gasteiger partial charge >= 0.3 is 0 Å². The van der Waals surface area contributed by atoms with Crippen molar-refractivity contribution in [2.75, 3.05) is 13.1 Å². The molecule has 244 valence electrons. The molecule has 0 amide bonds. The summed E-state index contributed by atoms with van der Waals surface area (Å²) in [4.78, 5) is 5.40. The molecule has 1 unspecified atom stereocenters. The van der Waals surface area contributed by atoms with Crippen LogP contribution in [0.1, 0.15) is 220 Å². The first-order valence-corrected chi connectivity index (χ1v) is 19.5. The van der Waals surface area contributed by atoms with E-state index in [0.717, 1.165) is 0 Å². The largest absolute Gasteiger partial charge is 0.356 e. The number of hydrogen-bond acceptors (Lipinski definition) is 2. The lowest BCUT2D eigenvalue weighted by Gasteiger charge is -2.33. The molecule has 0 saturated heterocycles. The van der Waals surface area contributed by atoms with Crippen LogP contribution in [0.25, 0.3) is 0 Å². The van der Waals surface area contributed by atoms with Gasteiger partial charge in [-0.25, -0.2) is 0 Å². The monoisotopic (exact) mass is 575 g/mol. The van der Waals surface area contributed by atoms with Crippen LogP contribution in [0.3, 0.4) is 0 Å². The molecule has 41 heavy (non-hydrogen) atoms. The smallest absolute Gasteiger partial charge is 0.101 e. The van der Waals surface area contributed by atoms with Gasteiger partial charge in [-0.15, -0.1) is 0 Å². The number of unbranched alkanes of at least 4 members (excludes halogenated alkanes) is 27. The van der Waals surface area contributed by atoms with E-state index in [2.05, 4.69) is 43.0 Å². The summed E-state index contributed by atoms with van der Waals surface area (Å²) in [6.45, 7) is 9.48. The lowest BCUT2D eigenvalue weighted by molar-refractivity contribution is 0.135. The Balaban J connectivity index is 2.09. The van der Waals surface area contributed by atoms with Gasteiger partial charge in [0.2, 0.25) is 0 Å². The van der Waals surface area contributed by atoms with Crippen LogP contribution in [0.2, 0.25) is 0 Å². The summed E-state index contributed by atoms with van der Waals surface area (Å²) < 4.78 is 0. The van der Waals surface area contributed by atoms with Crippen molar-refractivity contribution < 1.29 is 0 Å². The Kier molecular flexibility index (Phi) is 28.8. The second-order valence-corrected chi connectivity index (χ2v) is 13.6. The van der Waals surface area contributed by atoms with Crippen LogP contribution in [0.4, 0.5) is 0 Å². The zero-order chi connectivity index (χ0) is 29.5. The van der Waals surface area contributed by atoms with Gasteiger partial charge in [-0.3, -0.25) is 0 Å². The number of nitrogens with zero attached hydrogens (tertiary/aromatic N) is 2. The standard InChI is InChI=1S/C39H78N2/c1-4-7-10-13-15-17-19-21-22-24-26-28-30-33-36-41-38-37-40(39(41)34-31-12-9-6-3)35-32-29-27-25-23-20-18-16-14-11-8-5-2/h37-39H,4-36H2,1-3H3. The molecule has 2 heteroatoms. The highest BCUT2D eigenvalue weighted by atomic mass is 15.4. The van der Waals surface area contributed by atoms with Gasteiger partial charge in [0.05, 0.1) is 0 Å². The molecule has 0 aliphatic carbocycles. The molecule has 0 spiro atoms. The van der Waals surface area contributed by atoms with Crippen LogP contribution in [0.15, 0.2) is 12.4 Å². The van der Waals surface area contributed by atoms with E-state index in [9.17, 15) is 0 Å². The van der Waals surface area contributed by atoms with E-state index in [4.69, 9.17) is 0 Å². The third kappa shape index (κ3) is 23.5. The fourth-order valence-electron chi connectivity index (χ4n) is 6.72. The van der Waals surface area contributed by atoms with E-state index >= 15 is 0 Å². The molecule has 0 N–H and O–H groups in total. The van der Waals surface area contributed by atoms with Gasteiger partial charge in [-0.1, -0.05) is 194 Å². The van der Waals surface area contributed by atoms with Crippen molar-refractivity contribution in [2.45, 2.75) is 226 Å². The van der Waals surface area contributed by atoms with Crippen LogP contribution in [-0.4, -0.2) is 29.1 Å². The van der Waals surface area contributed by atoms with E-state index in [1.165, 1.54) is 212 Å². The fraction of sp³-hybridized carbons (Fsp3) is 0.949. The predicted molar refractivity (Wildman–Crippen MR) is 186 cm³/mol. The molecule has 1 aliphatic heterocycles. The highest BCUT2D eigenvalue weighted by Gasteiger charge is 2.24. The van der Waals surface area contributed by atoms with Gasteiger partial charge in [0.1, 0.15) is 6.17 Å². The van der Waals surface area contributed by atoms with Crippen LogP contribution in [0, 0.1) is 0 Å². The van der Waals surface area contributed by atoms with Crippen molar-refractivity contribution in [3.05, 3.63) is 12.4 Å². The third-order valence-electron chi connectivity index (χ3n) is 9.57. The first-order valence-electron chi connectivity index (χ1n) is 19.5. The third-order valence-corrected chi connectivity index (χ3v) is 9.57. The maximum atomic E-state index is 2.70. The Bertz CT molecular complexity index is 530. The van der Waals surface area contributed by atoms with E-state index in [-0.39, 0.29) is 0 Å². The van der Waals surface area contributed by atoms with Crippen molar-refractivity contribution in [3.8, 4) is 0 Å². The summed E-state index contributed by atoms with van der Waals surface area (Å²) in [6, 6.07) is 0. The molecule has 1 rings (SSSR count). The highest BCUT2D eigenvalue weighted by Crippen LogP contribution is 2.24. The summed E-state index contributed by atoms with van der Waals surface area (Å²) in [7, 11) is 0. The molecule has 0 fully saturated rings. The molecule has 0 bridgehead atoms. The lowest BCUT2D eigenvalue weighted by Crippen LogP contribution is -2.39. The van der Waals surface area contributed by atoms with Crippen molar-refractivity contribution in [2.24, 2.45) is 0 Å². The minimum Gasteiger partial charge on any atom is -0.356 e. The van der Waals surface area contributed by atoms with Crippen LogP contribution in [-0.2, 0) is 0 Å². The van der Waals surface area contributed by atoms with Gasteiger partial charge < -0.3 is 9.80 Å². The van der Waals surface area contributed by atoms with Crippen LogP contribution in [0.5, 0.6) is 0 Å². The summed E-state index contributed by atoms with van der Waals surface area (Å²) in [6.07, 6.45) is 49.9. The molecule has 0 saturated carbocycles. The topological polar surface area (TPSA) is 6.48 Å². The van der Waals surface area contributed by atoms with Crippen molar-refractivity contribution in [1.29, 1.82) is 0 Å². The molecule has 1 aliphatic rings. The molecular formula is C39H78N2.